The minimum Gasteiger partial charge on any atom is -0.507 e. The molecule has 1 aliphatic carbocycles. The van der Waals surface area contributed by atoms with Crippen LogP contribution in [0, 0.1) is 0 Å². The molecule has 3 heteroatoms. The first-order valence-corrected chi connectivity index (χ1v) is 4.16. The monoisotopic (exact) mass is 189 g/mol. The number of hydrogen-bond acceptors (Lipinski definition) is 3. The molecule has 0 saturated carbocycles. The second kappa shape index (κ2) is 3.38. The van der Waals surface area contributed by atoms with Crippen LogP contribution in [0.5, 0.6) is 5.75 Å². The molecule has 0 aromatic carbocycles. The van der Waals surface area contributed by atoms with Crippen LogP contribution in [0.3, 0.4) is 0 Å². The van der Waals surface area contributed by atoms with E-state index < -0.39 is 5.63 Å². The van der Waals surface area contributed by atoms with E-state index in [2.05, 4.69) is 0 Å². The van der Waals surface area contributed by atoms with Crippen LogP contribution in [-0.4, -0.2) is 5.11 Å². The van der Waals surface area contributed by atoms with Gasteiger partial charge < -0.3 is 9.52 Å². The van der Waals surface area contributed by atoms with Gasteiger partial charge in [0.25, 0.3) is 0 Å². The third kappa shape index (κ3) is 1.52. The van der Waals surface area contributed by atoms with Gasteiger partial charge in [0.05, 0.1) is 11.3 Å². The van der Waals surface area contributed by atoms with Gasteiger partial charge in [0.15, 0.2) is 0 Å². The molecule has 1 aromatic heterocycles. The topological polar surface area (TPSA) is 50.4 Å². The van der Waals surface area contributed by atoms with Crippen molar-refractivity contribution in [3.05, 3.63) is 51.4 Å². The van der Waals surface area contributed by atoms with Crippen molar-refractivity contribution in [3.63, 3.8) is 0 Å². The molecule has 2 rings (SSSR count). The van der Waals surface area contributed by atoms with Gasteiger partial charge in [-0.1, -0.05) is 24.3 Å². The summed E-state index contributed by atoms with van der Waals surface area (Å²) in [4.78, 5) is 11.0. The van der Waals surface area contributed by atoms with Crippen molar-refractivity contribution in [2.45, 2.75) is 0 Å². The molecule has 0 fully saturated rings. The highest BCUT2D eigenvalue weighted by molar-refractivity contribution is 5.48. The molecule has 0 aliphatic heterocycles. The normalized spacial score (nSPS) is 22.9. The summed E-state index contributed by atoms with van der Waals surface area (Å²) in [6.07, 6.45) is 10.5. The number of rotatable bonds is 0. The van der Waals surface area contributed by atoms with Crippen molar-refractivity contribution in [3.8, 4) is 5.75 Å². The first-order chi connectivity index (χ1) is 6.77. The van der Waals surface area contributed by atoms with Gasteiger partial charge in [-0.3, -0.25) is 0 Å². The molecule has 0 saturated heterocycles. The highest BCUT2D eigenvalue weighted by Crippen LogP contribution is 1.92. The summed E-state index contributed by atoms with van der Waals surface area (Å²) in [6.45, 7) is 0. The lowest BCUT2D eigenvalue weighted by molar-refractivity contribution is 0.425. The van der Waals surface area contributed by atoms with E-state index in [4.69, 9.17) is 4.42 Å². The van der Waals surface area contributed by atoms with Gasteiger partial charge in [-0.05, 0) is 12.2 Å². The lowest BCUT2D eigenvalue weighted by atomic mass is 10.2. The lowest BCUT2D eigenvalue weighted by Gasteiger charge is -1.93. The SMILES string of the molecule is O=c1cc(O)c2/c(o1)=C\C=C/C=C\C=2.[H+]. The Bertz CT molecular complexity index is 579. The maximum Gasteiger partial charge on any atom is 1.00 e. The third-order valence-corrected chi connectivity index (χ3v) is 1.85. The van der Waals surface area contributed by atoms with Gasteiger partial charge in [-0.2, -0.15) is 0 Å². The van der Waals surface area contributed by atoms with Crippen molar-refractivity contribution in [2.75, 3.05) is 0 Å². The van der Waals surface area contributed by atoms with E-state index in [-0.39, 0.29) is 7.18 Å². The molecule has 0 unspecified atom stereocenters. The van der Waals surface area contributed by atoms with Gasteiger partial charge >= 0.3 is 7.05 Å². The fraction of sp³-hybridized carbons (Fsp3) is 0. The minimum atomic E-state index is -0.552. The summed E-state index contributed by atoms with van der Waals surface area (Å²) in [7, 11) is 0. The van der Waals surface area contributed by atoms with Crippen LogP contribution in [0.4, 0.5) is 0 Å². The van der Waals surface area contributed by atoms with Crippen LogP contribution in [-0.2, 0) is 0 Å². The van der Waals surface area contributed by atoms with Crippen LogP contribution in [0.2, 0.25) is 0 Å². The van der Waals surface area contributed by atoms with Crippen LogP contribution >= 0.6 is 0 Å². The van der Waals surface area contributed by atoms with Crippen LogP contribution in [0.15, 0.2) is 39.6 Å². The predicted molar refractivity (Wildman–Crippen MR) is 54.2 cm³/mol. The third-order valence-electron chi connectivity index (χ3n) is 1.85. The molecule has 1 N–H and O–H groups in total. The quantitative estimate of drug-likeness (QED) is 0.631. The molecule has 1 heterocycles. The second-order valence-electron chi connectivity index (χ2n) is 2.83. The highest BCUT2D eigenvalue weighted by Gasteiger charge is 1.98. The van der Waals surface area contributed by atoms with Gasteiger partial charge in [0.2, 0.25) is 0 Å². The minimum absolute atomic E-state index is 0. The zero-order valence-electron chi connectivity index (χ0n) is 8.31. The van der Waals surface area contributed by atoms with Crippen LogP contribution in [0.25, 0.3) is 12.2 Å². The molecule has 1 aromatic rings. The standard InChI is InChI=1S/C11H8O3/c12-9-7-11(13)14-10-6-4-2-1-3-5-8(9)10/h1-7,12H/p+1/b2-1?,3-1-,4-2-,5-3?,6-4?,8-5-,10-6+. The Morgan fingerprint density at radius 3 is 2.64 bits per heavy atom. The molecule has 0 amide bonds. The number of allylic oxidation sites excluding steroid dienone is 4. The molecule has 3 nitrogen and oxygen atoms in total. The molecular weight excluding hydrogens is 180 g/mol. The van der Waals surface area contributed by atoms with Crippen molar-refractivity contribution in [1.29, 1.82) is 0 Å². The summed E-state index contributed by atoms with van der Waals surface area (Å²) >= 11 is 0. The average molecular weight is 189 g/mol. The van der Waals surface area contributed by atoms with Crippen molar-refractivity contribution in [2.24, 2.45) is 0 Å². The van der Waals surface area contributed by atoms with Crippen LogP contribution < -0.4 is 16.3 Å². The summed E-state index contributed by atoms with van der Waals surface area (Å²) in [6, 6.07) is 1.06. The maximum absolute atomic E-state index is 11.0. The Kier molecular flexibility index (Phi) is 2.07. The van der Waals surface area contributed by atoms with E-state index in [1.54, 1.807) is 24.3 Å². The van der Waals surface area contributed by atoms with E-state index in [1.807, 2.05) is 12.2 Å². The van der Waals surface area contributed by atoms with E-state index in [0.717, 1.165) is 6.07 Å². The maximum atomic E-state index is 11.0. The van der Waals surface area contributed by atoms with E-state index >= 15 is 0 Å². The average Bonchev–Trinajstić information content (AvgIpc) is 2.07. The molecule has 0 radical (unpaired) electrons. The fourth-order valence-electron chi connectivity index (χ4n) is 1.22. The Labute approximate surface area is 81.1 Å². The molecule has 0 atom stereocenters. The van der Waals surface area contributed by atoms with Gasteiger partial charge in [0, 0.05) is 0 Å². The zero-order chi connectivity index (χ0) is 9.97. The molecule has 70 valence electrons. The molecule has 0 bridgehead atoms. The number of aromatic hydroxyl groups is 1. The largest absolute Gasteiger partial charge is 1.00 e. The Hall–Kier alpha value is -2.03. The Balaban J connectivity index is 0.00000112. The zero-order valence-corrected chi connectivity index (χ0v) is 7.31. The van der Waals surface area contributed by atoms with Gasteiger partial charge in [-0.15, -0.1) is 0 Å². The van der Waals surface area contributed by atoms with Gasteiger partial charge in [0.1, 0.15) is 11.2 Å². The summed E-state index contributed by atoms with van der Waals surface area (Å²) in [5.74, 6) is -0.0625. The van der Waals surface area contributed by atoms with Crippen molar-refractivity contribution >= 4 is 12.2 Å². The number of fused-ring (bicyclic) bond motifs is 1. The van der Waals surface area contributed by atoms with Gasteiger partial charge in [-0.25, -0.2) is 4.79 Å². The molecule has 0 spiro atoms. The molecular formula is C11H9O3+. The lowest BCUT2D eigenvalue weighted by Crippen LogP contribution is -2.28. The van der Waals surface area contributed by atoms with Crippen LogP contribution in [0.1, 0.15) is 1.43 Å². The van der Waals surface area contributed by atoms with E-state index in [1.165, 1.54) is 0 Å². The Morgan fingerprint density at radius 2 is 1.86 bits per heavy atom. The summed E-state index contributed by atoms with van der Waals surface area (Å²) in [5.41, 5.74) is -0.181. The predicted octanol–water partition coefficient (Wildman–Crippen LogP) is 0.145. The highest BCUT2D eigenvalue weighted by atomic mass is 16.4. The first-order valence-electron chi connectivity index (χ1n) is 4.16. The number of hydrogen-bond donors (Lipinski definition) is 1. The van der Waals surface area contributed by atoms with Crippen molar-refractivity contribution in [1.82, 2.24) is 0 Å². The molecule has 14 heavy (non-hydrogen) atoms. The second-order valence-corrected chi connectivity index (χ2v) is 2.83. The summed E-state index contributed by atoms with van der Waals surface area (Å²) in [5, 5.41) is 10.0. The summed E-state index contributed by atoms with van der Waals surface area (Å²) < 4.78 is 4.93. The fourth-order valence-corrected chi connectivity index (χ4v) is 1.22. The molecule has 1 aliphatic rings. The van der Waals surface area contributed by atoms with E-state index in [9.17, 15) is 9.90 Å². The Morgan fingerprint density at radius 1 is 1.14 bits per heavy atom. The first kappa shape index (κ1) is 8.56. The smallest absolute Gasteiger partial charge is 0.507 e. The van der Waals surface area contributed by atoms with E-state index in [0.29, 0.717) is 10.6 Å². The van der Waals surface area contributed by atoms with Crippen molar-refractivity contribution < 1.29 is 11.0 Å².